The highest BCUT2D eigenvalue weighted by atomic mass is 16.6. The van der Waals surface area contributed by atoms with Gasteiger partial charge in [-0.1, -0.05) is 70.9 Å². The summed E-state index contributed by atoms with van der Waals surface area (Å²) in [5.41, 5.74) is -2.95. The molecule has 0 heterocycles. The predicted molar refractivity (Wildman–Crippen MR) is 143 cm³/mol. The molecule has 7 nitrogen and oxygen atoms in total. The van der Waals surface area contributed by atoms with Crippen LogP contribution in [0.1, 0.15) is 67.2 Å². The van der Waals surface area contributed by atoms with Crippen molar-refractivity contribution in [2.75, 3.05) is 6.61 Å². The number of aliphatic hydroxyl groups excluding tert-OH is 1. The second-order valence-electron chi connectivity index (χ2n) is 12.2. The Labute approximate surface area is 225 Å². The molecule has 2 bridgehead atoms. The third-order valence-corrected chi connectivity index (χ3v) is 9.57. The number of unbranched alkanes of at least 4 members (excludes halogenated alkanes) is 3. The van der Waals surface area contributed by atoms with Gasteiger partial charge >= 0.3 is 11.9 Å². The van der Waals surface area contributed by atoms with Gasteiger partial charge in [0.2, 0.25) is 0 Å². The lowest BCUT2D eigenvalue weighted by Crippen LogP contribution is -2.67. The van der Waals surface area contributed by atoms with E-state index in [1.54, 1.807) is 31.2 Å². The molecule has 8 atom stereocenters. The van der Waals surface area contributed by atoms with Crippen LogP contribution >= 0.6 is 0 Å². The van der Waals surface area contributed by atoms with Gasteiger partial charge in [-0.25, -0.2) is 4.79 Å². The molecule has 0 saturated heterocycles. The topological polar surface area (TPSA) is 110 Å². The number of fused-ring (bicyclic) bond motifs is 3. The molecule has 1 spiro atoms. The SMILES string of the molecule is CCCCC/C=C/C=C/C(=O)O[C@H]1C(C)=C[C@]23C(=O)[C@@H](C=C(COC(C)=O)[C@@H](O)[C@]12O)[C@H]1[C@@H]([C@H]3C)C1(C)C. The van der Waals surface area contributed by atoms with E-state index in [1.807, 2.05) is 13.0 Å². The number of carbonyl (C=O) groups excluding carboxylic acids is 3. The van der Waals surface area contributed by atoms with Gasteiger partial charge < -0.3 is 19.7 Å². The first-order chi connectivity index (χ1) is 17.9. The Hall–Kier alpha value is -2.51. The van der Waals surface area contributed by atoms with Crippen molar-refractivity contribution < 1.29 is 34.1 Å². The Balaban J connectivity index is 1.68. The lowest BCUT2D eigenvalue weighted by molar-refractivity contribution is -0.205. The average molecular weight is 527 g/mol. The van der Waals surface area contributed by atoms with Gasteiger partial charge in [0.25, 0.3) is 0 Å². The van der Waals surface area contributed by atoms with E-state index >= 15 is 0 Å². The summed E-state index contributed by atoms with van der Waals surface area (Å²) in [7, 11) is 0. The van der Waals surface area contributed by atoms with E-state index in [1.165, 1.54) is 13.0 Å². The van der Waals surface area contributed by atoms with Gasteiger partial charge in [0.05, 0.1) is 5.41 Å². The normalized spacial score (nSPS) is 38.8. The monoisotopic (exact) mass is 526 g/mol. The summed E-state index contributed by atoms with van der Waals surface area (Å²) in [6.45, 7) is 11.1. The molecule has 0 amide bonds. The highest BCUT2D eigenvalue weighted by molar-refractivity contribution is 5.96. The van der Waals surface area contributed by atoms with Gasteiger partial charge in [-0.15, -0.1) is 0 Å². The van der Waals surface area contributed by atoms with Crippen LogP contribution in [0.15, 0.2) is 47.6 Å². The summed E-state index contributed by atoms with van der Waals surface area (Å²) in [4.78, 5) is 38.7. The zero-order chi connectivity index (χ0) is 28.0. The van der Waals surface area contributed by atoms with Crippen molar-refractivity contribution in [3.63, 3.8) is 0 Å². The van der Waals surface area contributed by atoms with Crippen LogP contribution in [-0.2, 0) is 23.9 Å². The van der Waals surface area contributed by atoms with E-state index in [4.69, 9.17) is 9.47 Å². The van der Waals surface area contributed by atoms with Crippen molar-refractivity contribution in [3.8, 4) is 0 Å². The minimum absolute atomic E-state index is 0.0554. The fourth-order valence-electron chi connectivity index (χ4n) is 7.81. The predicted octanol–water partition coefficient (Wildman–Crippen LogP) is 4.24. The Bertz CT molecular complexity index is 1110. The van der Waals surface area contributed by atoms with Crippen molar-refractivity contribution in [2.24, 2.45) is 34.5 Å². The van der Waals surface area contributed by atoms with Gasteiger partial charge in [0, 0.05) is 18.9 Å². The van der Waals surface area contributed by atoms with Crippen molar-refractivity contribution in [1.82, 2.24) is 0 Å². The number of hydrogen-bond acceptors (Lipinski definition) is 7. The van der Waals surface area contributed by atoms with E-state index in [2.05, 4.69) is 20.8 Å². The molecule has 2 saturated carbocycles. The number of allylic oxidation sites excluding steroid dienone is 4. The van der Waals surface area contributed by atoms with Gasteiger partial charge in [-0.2, -0.15) is 0 Å². The summed E-state index contributed by atoms with van der Waals surface area (Å²) in [6, 6.07) is 0. The van der Waals surface area contributed by atoms with Crippen molar-refractivity contribution >= 4 is 17.7 Å². The molecule has 0 aromatic carbocycles. The van der Waals surface area contributed by atoms with Crippen LogP contribution in [0.4, 0.5) is 0 Å². The molecule has 208 valence electrons. The molecule has 0 aromatic heterocycles. The smallest absolute Gasteiger partial charge is 0.331 e. The molecular weight excluding hydrogens is 484 g/mol. The van der Waals surface area contributed by atoms with Crippen molar-refractivity contribution in [3.05, 3.63) is 47.6 Å². The van der Waals surface area contributed by atoms with Crippen LogP contribution in [0.25, 0.3) is 0 Å². The van der Waals surface area contributed by atoms with Crippen LogP contribution in [-0.4, -0.2) is 52.4 Å². The van der Waals surface area contributed by atoms with Gasteiger partial charge in [-0.05, 0) is 54.1 Å². The Morgan fingerprint density at radius 3 is 2.53 bits per heavy atom. The molecule has 0 radical (unpaired) electrons. The number of hydrogen-bond donors (Lipinski definition) is 2. The number of Topliss-reactive ketones (excluding diaryl/α,β-unsaturated/α-hetero) is 1. The first-order valence-corrected chi connectivity index (χ1v) is 13.9. The van der Waals surface area contributed by atoms with Gasteiger partial charge in [-0.3, -0.25) is 9.59 Å². The number of esters is 2. The fourth-order valence-corrected chi connectivity index (χ4v) is 7.81. The maximum Gasteiger partial charge on any atom is 0.331 e. The summed E-state index contributed by atoms with van der Waals surface area (Å²) in [5, 5.41) is 24.2. The summed E-state index contributed by atoms with van der Waals surface area (Å²) < 4.78 is 11.0. The molecule has 2 fully saturated rings. The minimum atomic E-state index is -2.14. The summed E-state index contributed by atoms with van der Waals surface area (Å²) in [5.74, 6) is -2.05. The quantitative estimate of drug-likeness (QED) is 0.152. The maximum atomic E-state index is 14.3. The second-order valence-corrected chi connectivity index (χ2v) is 12.2. The average Bonchev–Trinajstić information content (AvgIpc) is 3.36. The second kappa shape index (κ2) is 10.2. The zero-order valence-corrected chi connectivity index (χ0v) is 23.4. The number of ether oxygens (including phenoxy) is 2. The van der Waals surface area contributed by atoms with E-state index in [0.717, 1.165) is 25.7 Å². The molecule has 0 unspecified atom stereocenters. The molecule has 4 aliphatic rings. The number of carbonyl (C=O) groups is 3. The Kier molecular flexibility index (Phi) is 7.67. The minimum Gasteiger partial charge on any atom is -0.461 e. The standard InChI is InChI=1S/C31H42O7/c1-7-8-9-10-11-12-13-14-23(33)38-28-18(2)16-30-19(3)24-25(29(24,5)6)22(27(30)35)15-21(17-37-20(4)32)26(34)31(28,30)36/h11-16,19,22,24-26,28,34,36H,7-10,17H2,1-6H3/b12-11+,14-13+/t19-,22+,24-,25+,26-,28+,30+,31+/m1/s1. The molecule has 7 heteroatoms. The van der Waals surface area contributed by atoms with Crippen LogP contribution in [0, 0.1) is 34.5 Å². The number of rotatable bonds is 9. The van der Waals surface area contributed by atoms with Crippen molar-refractivity contribution in [2.45, 2.75) is 85.0 Å². The summed E-state index contributed by atoms with van der Waals surface area (Å²) in [6.07, 6.45) is 11.6. The third-order valence-electron chi connectivity index (χ3n) is 9.57. The number of aliphatic hydroxyl groups is 2. The van der Waals surface area contributed by atoms with E-state index in [9.17, 15) is 24.6 Å². The highest BCUT2D eigenvalue weighted by Crippen LogP contribution is 2.75. The fraction of sp³-hybridized carbons (Fsp3) is 0.645. The van der Waals surface area contributed by atoms with Crippen molar-refractivity contribution in [1.29, 1.82) is 0 Å². The first-order valence-electron chi connectivity index (χ1n) is 13.9. The molecule has 4 aliphatic carbocycles. The Morgan fingerprint density at radius 2 is 1.87 bits per heavy atom. The van der Waals surface area contributed by atoms with E-state index < -0.39 is 41.1 Å². The molecule has 2 N–H and O–H groups in total. The zero-order valence-electron chi connectivity index (χ0n) is 23.4. The van der Waals surface area contributed by atoms with Gasteiger partial charge in [0.1, 0.15) is 12.7 Å². The molecule has 4 rings (SSSR count). The van der Waals surface area contributed by atoms with Gasteiger partial charge in [0.15, 0.2) is 17.5 Å². The van der Waals surface area contributed by atoms with Crippen LogP contribution in [0.3, 0.4) is 0 Å². The van der Waals surface area contributed by atoms with Crippen LogP contribution in [0.5, 0.6) is 0 Å². The van der Waals surface area contributed by atoms with Crippen LogP contribution < -0.4 is 0 Å². The third kappa shape index (κ3) is 4.22. The largest absolute Gasteiger partial charge is 0.461 e. The van der Waals surface area contributed by atoms with Crippen LogP contribution in [0.2, 0.25) is 0 Å². The lowest BCUT2D eigenvalue weighted by atomic mass is 9.55. The lowest BCUT2D eigenvalue weighted by Gasteiger charge is -2.50. The van der Waals surface area contributed by atoms with E-state index in [-0.39, 0.29) is 41.1 Å². The van der Waals surface area contributed by atoms with E-state index in [0.29, 0.717) is 5.57 Å². The molecule has 0 aliphatic heterocycles. The molecule has 0 aromatic rings. The maximum absolute atomic E-state index is 14.3. The summed E-state index contributed by atoms with van der Waals surface area (Å²) >= 11 is 0. The first kappa shape index (κ1) is 28.5. The molecular formula is C31H42O7. The Morgan fingerprint density at radius 1 is 1.16 bits per heavy atom. The highest BCUT2D eigenvalue weighted by Gasteiger charge is 2.80. The number of ketones is 1. The molecule has 38 heavy (non-hydrogen) atoms.